The van der Waals surface area contributed by atoms with Gasteiger partial charge in [0.2, 0.25) is 0 Å². The summed E-state index contributed by atoms with van der Waals surface area (Å²) < 4.78 is 6.04. The highest BCUT2D eigenvalue weighted by Gasteiger charge is 2.04. The van der Waals surface area contributed by atoms with Gasteiger partial charge in [0.1, 0.15) is 5.82 Å². The van der Waals surface area contributed by atoms with E-state index in [9.17, 15) is 0 Å². The number of hydrogen-bond acceptors (Lipinski definition) is 3. The van der Waals surface area contributed by atoms with Crippen LogP contribution in [0, 0.1) is 6.92 Å². The Bertz CT molecular complexity index is 304. The third-order valence-electron chi connectivity index (χ3n) is 1.84. The first-order valence-electron chi connectivity index (χ1n) is 4.51. The van der Waals surface area contributed by atoms with Crippen LogP contribution in [0.3, 0.4) is 0 Å². The lowest BCUT2D eigenvalue weighted by atomic mass is 10.2. The van der Waals surface area contributed by atoms with Crippen molar-refractivity contribution in [2.24, 2.45) is 0 Å². The predicted molar refractivity (Wildman–Crippen MR) is 61.6 cm³/mol. The number of halogens is 1. The molecule has 0 aliphatic heterocycles. The summed E-state index contributed by atoms with van der Waals surface area (Å²) in [5.74, 6) is 0.915. The Balaban J connectivity index is 2.67. The van der Waals surface area contributed by atoms with E-state index >= 15 is 0 Å². The minimum absolute atomic E-state index is 0.271. The second kappa shape index (κ2) is 5.32. The van der Waals surface area contributed by atoms with Crippen molar-refractivity contribution in [3.63, 3.8) is 0 Å². The largest absolute Gasteiger partial charge is 0.383 e. The van der Waals surface area contributed by atoms with Crippen LogP contribution in [-0.2, 0) is 4.74 Å². The number of nitrogens with one attached hydrogen (secondary N) is 1. The summed E-state index contributed by atoms with van der Waals surface area (Å²) in [5.41, 5.74) is 1.13. The standard InChI is InChI=1S/C10H15BrN2O/c1-7-4-9(11)5-12-10(7)13-8(2)6-14-3/h4-5,8H,6H2,1-3H3,(H,12,13). The fraction of sp³-hybridized carbons (Fsp3) is 0.500. The van der Waals surface area contributed by atoms with Crippen molar-refractivity contribution in [3.8, 4) is 0 Å². The summed E-state index contributed by atoms with van der Waals surface area (Å²) in [5, 5.41) is 3.28. The van der Waals surface area contributed by atoms with Gasteiger partial charge >= 0.3 is 0 Å². The fourth-order valence-electron chi connectivity index (χ4n) is 1.22. The fourth-order valence-corrected chi connectivity index (χ4v) is 1.66. The summed E-state index contributed by atoms with van der Waals surface area (Å²) in [6.07, 6.45) is 1.79. The normalized spacial score (nSPS) is 12.6. The number of anilines is 1. The van der Waals surface area contributed by atoms with Gasteiger partial charge in [-0.05, 0) is 41.4 Å². The molecule has 1 rings (SSSR count). The Morgan fingerprint density at radius 2 is 2.36 bits per heavy atom. The molecule has 0 radical (unpaired) electrons. The number of methoxy groups -OCH3 is 1. The van der Waals surface area contributed by atoms with E-state index in [1.54, 1.807) is 13.3 Å². The van der Waals surface area contributed by atoms with Crippen LogP contribution in [-0.4, -0.2) is 24.7 Å². The van der Waals surface area contributed by atoms with Gasteiger partial charge in [-0.15, -0.1) is 0 Å². The molecule has 78 valence electrons. The molecule has 3 nitrogen and oxygen atoms in total. The van der Waals surface area contributed by atoms with Crippen molar-refractivity contribution in [2.45, 2.75) is 19.9 Å². The molecule has 0 saturated carbocycles. The number of nitrogens with zero attached hydrogens (tertiary/aromatic N) is 1. The Hall–Kier alpha value is -0.610. The van der Waals surface area contributed by atoms with Crippen LogP contribution in [0.1, 0.15) is 12.5 Å². The van der Waals surface area contributed by atoms with Crippen LogP contribution < -0.4 is 5.32 Å². The van der Waals surface area contributed by atoms with E-state index < -0.39 is 0 Å². The molecule has 1 aromatic rings. The second-order valence-corrected chi connectivity index (χ2v) is 4.24. The maximum atomic E-state index is 5.04. The lowest BCUT2D eigenvalue weighted by Crippen LogP contribution is -2.21. The predicted octanol–water partition coefficient (Wildman–Crippen LogP) is 2.60. The summed E-state index contributed by atoms with van der Waals surface area (Å²) in [4.78, 5) is 4.29. The molecule has 0 saturated heterocycles. The number of aromatic nitrogens is 1. The van der Waals surface area contributed by atoms with Crippen LogP contribution in [0.15, 0.2) is 16.7 Å². The highest BCUT2D eigenvalue weighted by atomic mass is 79.9. The zero-order chi connectivity index (χ0) is 10.6. The Labute approximate surface area is 93.0 Å². The minimum atomic E-state index is 0.271. The molecule has 0 spiro atoms. The second-order valence-electron chi connectivity index (χ2n) is 3.32. The third kappa shape index (κ3) is 3.27. The lowest BCUT2D eigenvalue weighted by Gasteiger charge is -2.14. The van der Waals surface area contributed by atoms with Gasteiger partial charge < -0.3 is 10.1 Å². The highest BCUT2D eigenvalue weighted by molar-refractivity contribution is 9.10. The SMILES string of the molecule is COCC(C)Nc1ncc(Br)cc1C. The molecule has 0 aromatic carbocycles. The molecule has 4 heteroatoms. The van der Waals surface area contributed by atoms with Crippen molar-refractivity contribution in [2.75, 3.05) is 19.0 Å². The first-order chi connectivity index (χ1) is 6.63. The average molecular weight is 259 g/mol. The quantitative estimate of drug-likeness (QED) is 0.902. The molecular weight excluding hydrogens is 244 g/mol. The molecule has 0 aliphatic carbocycles. The van der Waals surface area contributed by atoms with Gasteiger partial charge in [-0.1, -0.05) is 0 Å². The third-order valence-corrected chi connectivity index (χ3v) is 2.28. The Morgan fingerprint density at radius 3 is 2.93 bits per heavy atom. The van der Waals surface area contributed by atoms with E-state index in [4.69, 9.17) is 4.74 Å². The monoisotopic (exact) mass is 258 g/mol. The number of hydrogen-bond donors (Lipinski definition) is 1. The topological polar surface area (TPSA) is 34.1 Å². The van der Waals surface area contributed by atoms with Crippen LogP contribution in [0.25, 0.3) is 0 Å². The molecule has 0 fully saturated rings. The molecular formula is C10H15BrN2O. The maximum absolute atomic E-state index is 5.04. The molecule has 1 heterocycles. The van der Waals surface area contributed by atoms with Crippen molar-refractivity contribution < 1.29 is 4.74 Å². The smallest absolute Gasteiger partial charge is 0.129 e. The zero-order valence-corrected chi connectivity index (χ0v) is 10.3. The molecule has 1 aromatic heterocycles. The van der Waals surface area contributed by atoms with E-state index in [-0.39, 0.29) is 6.04 Å². The van der Waals surface area contributed by atoms with E-state index in [0.717, 1.165) is 15.9 Å². The lowest BCUT2D eigenvalue weighted by molar-refractivity contribution is 0.190. The van der Waals surface area contributed by atoms with Gasteiger partial charge in [0.05, 0.1) is 6.61 Å². The molecule has 0 amide bonds. The van der Waals surface area contributed by atoms with Crippen molar-refractivity contribution >= 4 is 21.7 Å². The summed E-state index contributed by atoms with van der Waals surface area (Å²) in [6, 6.07) is 2.31. The summed E-state index contributed by atoms with van der Waals surface area (Å²) >= 11 is 3.38. The molecule has 0 aliphatic rings. The van der Waals surface area contributed by atoms with Crippen molar-refractivity contribution in [1.29, 1.82) is 0 Å². The molecule has 14 heavy (non-hydrogen) atoms. The number of pyridine rings is 1. The van der Waals surface area contributed by atoms with E-state index in [0.29, 0.717) is 6.61 Å². The first-order valence-corrected chi connectivity index (χ1v) is 5.30. The Morgan fingerprint density at radius 1 is 1.64 bits per heavy atom. The maximum Gasteiger partial charge on any atom is 0.129 e. The van der Waals surface area contributed by atoms with Crippen molar-refractivity contribution in [3.05, 3.63) is 22.3 Å². The van der Waals surface area contributed by atoms with E-state index in [1.807, 2.05) is 13.0 Å². The van der Waals surface area contributed by atoms with E-state index in [2.05, 4.69) is 33.2 Å². The summed E-state index contributed by atoms with van der Waals surface area (Å²) in [6.45, 7) is 4.77. The van der Waals surface area contributed by atoms with Crippen LogP contribution >= 0.6 is 15.9 Å². The van der Waals surface area contributed by atoms with Crippen LogP contribution in [0.2, 0.25) is 0 Å². The summed E-state index contributed by atoms with van der Waals surface area (Å²) in [7, 11) is 1.69. The van der Waals surface area contributed by atoms with Gasteiger partial charge in [-0.3, -0.25) is 0 Å². The van der Waals surface area contributed by atoms with E-state index in [1.165, 1.54) is 0 Å². The molecule has 1 N–H and O–H groups in total. The van der Waals surface area contributed by atoms with Gasteiger partial charge in [0, 0.05) is 23.8 Å². The molecule has 1 atom stereocenters. The van der Waals surface area contributed by atoms with Gasteiger partial charge in [-0.25, -0.2) is 4.98 Å². The van der Waals surface area contributed by atoms with Gasteiger partial charge in [-0.2, -0.15) is 0 Å². The molecule has 1 unspecified atom stereocenters. The first kappa shape index (κ1) is 11.5. The Kier molecular flexibility index (Phi) is 4.35. The number of aryl methyl sites for hydroxylation is 1. The average Bonchev–Trinajstić information content (AvgIpc) is 2.10. The van der Waals surface area contributed by atoms with Crippen LogP contribution in [0.4, 0.5) is 5.82 Å². The molecule has 0 bridgehead atoms. The van der Waals surface area contributed by atoms with Crippen LogP contribution in [0.5, 0.6) is 0 Å². The van der Waals surface area contributed by atoms with Crippen molar-refractivity contribution in [1.82, 2.24) is 4.98 Å². The zero-order valence-electron chi connectivity index (χ0n) is 8.67. The van der Waals surface area contributed by atoms with Gasteiger partial charge in [0.25, 0.3) is 0 Å². The highest BCUT2D eigenvalue weighted by Crippen LogP contribution is 2.17. The minimum Gasteiger partial charge on any atom is -0.383 e. The number of ether oxygens (including phenoxy) is 1. The number of rotatable bonds is 4. The van der Waals surface area contributed by atoms with Gasteiger partial charge in [0.15, 0.2) is 0 Å².